The first-order valence-corrected chi connectivity index (χ1v) is 9.39. The van der Waals surface area contributed by atoms with Gasteiger partial charge in [0.25, 0.3) is 11.8 Å². The van der Waals surface area contributed by atoms with Gasteiger partial charge >= 0.3 is 11.9 Å². The molecule has 1 atom stereocenters. The maximum atomic E-state index is 12.7. The van der Waals surface area contributed by atoms with E-state index in [0.29, 0.717) is 5.56 Å². The van der Waals surface area contributed by atoms with Crippen LogP contribution in [0, 0.1) is 11.3 Å². The largest absolute Gasteiger partial charge is 0.493 e. The minimum absolute atomic E-state index is 0.0367. The number of imide groups is 1. The van der Waals surface area contributed by atoms with Gasteiger partial charge < -0.3 is 14.2 Å². The Morgan fingerprint density at radius 1 is 1.03 bits per heavy atom. The third-order valence-corrected chi connectivity index (χ3v) is 4.79. The number of carbonyl (C=O) groups is 4. The molecule has 0 aliphatic carbocycles. The minimum atomic E-state index is -1.18. The predicted octanol–water partition coefficient (Wildman–Crippen LogP) is 2.37. The lowest BCUT2D eigenvalue weighted by molar-refractivity contribution is -0.138. The van der Waals surface area contributed by atoms with Crippen LogP contribution in [0.3, 0.4) is 0 Å². The molecule has 9 heteroatoms. The fourth-order valence-corrected chi connectivity index (χ4v) is 3.13. The smallest absolute Gasteiger partial charge is 0.348 e. The summed E-state index contributed by atoms with van der Waals surface area (Å²) in [6.45, 7) is 1.39. The molecule has 2 aromatic rings. The average Bonchev–Trinajstić information content (AvgIpc) is 3.07. The zero-order valence-electron chi connectivity index (χ0n) is 17.4. The van der Waals surface area contributed by atoms with E-state index in [9.17, 15) is 19.2 Å². The standard InChI is InChI=1S/C23H18N2O7/c1-13(25-20(26)16-6-4-5-7-17(16)21(25)27)22(28)32-18-9-8-14(11-19(18)30-2)10-15(12-24)23(29)31-3/h4-11,13H,1-3H3. The van der Waals surface area contributed by atoms with Crippen molar-refractivity contribution < 1.29 is 33.4 Å². The molecule has 9 nitrogen and oxygen atoms in total. The van der Waals surface area contributed by atoms with Crippen molar-refractivity contribution in [2.24, 2.45) is 0 Å². The van der Waals surface area contributed by atoms with Crippen LogP contribution in [-0.4, -0.2) is 48.9 Å². The van der Waals surface area contributed by atoms with Gasteiger partial charge in [-0.15, -0.1) is 0 Å². The first kappa shape index (κ1) is 22.2. The van der Waals surface area contributed by atoms with Gasteiger partial charge in [-0.3, -0.25) is 14.5 Å². The molecule has 0 radical (unpaired) electrons. The van der Waals surface area contributed by atoms with Crippen LogP contribution in [0.2, 0.25) is 0 Å². The number of ether oxygens (including phenoxy) is 3. The first-order valence-electron chi connectivity index (χ1n) is 9.39. The normalized spacial score (nSPS) is 13.8. The molecule has 0 fully saturated rings. The molecule has 0 saturated carbocycles. The summed E-state index contributed by atoms with van der Waals surface area (Å²) in [5.74, 6) is -2.60. The van der Waals surface area contributed by atoms with E-state index in [2.05, 4.69) is 4.74 Å². The van der Waals surface area contributed by atoms with Crippen LogP contribution in [-0.2, 0) is 14.3 Å². The number of hydrogen-bond acceptors (Lipinski definition) is 8. The van der Waals surface area contributed by atoms with Crippen molar-refractivity contribution in [3.8, 4) is 17.6 Å². The summed E-state index contributed by atoms with van der Waals surface area (Å²) in [6, 6.07) is 11.2. The molecule has 2 amide bonds. The second-order valence-electron chi connectivity index (χ2n) is 6.69. The van der Waals surface area contributed by atoms with E-state index in [0.717, 1.165) is 12.0 Å². The Labute approximate surface area is 183 Å². The van der Waals surface area contributed by atoms with Gasteiger partial charge in [0, 0.05) is 0 Å². The molecule has 0 spiro atoms. The molecule has 1 aliphatic rings. The van der Waals surface area contributed by atoms with Crippen LogP contribution < -0.4 is 9.47 Å². The van der Waals surface area contributed by atoms with Crippen molar-refractivity contribution >= 4 is 29.8 Å². The molecule has 1 heterocycles. The Bertz CT molecular complexity index is 1160. The highest BCUT2D eigenvalue weighted by atomic mass is 16.6. The zero-order chi connectivity index (χ0) is 23.4. The van der Waals surface area contributed by atoms with E-state index in [1.807, 2.05) is 0 Å². The molecule has 0 aromatic heterocycles. The SMILES string of the molecule is COC(=O)C(C#N)=Cc1ccc(OC(=O)C(C)N2C(=O)c3ccccc3C2=O)c(OC)c1. The van der Waals surface area contributed by atoms with Gasteiger partial charge in [-0.2, -0.15) is 5.26 Å². The first-order chi connectivity index (χ1) is 15.3. The Kier molecular flexibility index (Phi) is 6.35. The van der Waals surface area contributed by atoms with Crippen LogP contribution in [0.4, 0.5) is 0 Å². The highest BCUT2D eigenvalue weighted by Gasteiger charge is 2.41. The van der Waals surface area contributed by atoms with Crippen LogP contribution >= 0.6 is 0 Å². The fourth-order valence-electron chi connectivity index (χ4n) is 3.13. The van der Waals surface area contributed by atoms with Crippen molar-refractivity contribution in [3.63, 3.8) is 0 Å². The Morgan fingerprint density at radius 2 is 1.66 bits per heavy atom. The number of nitriles is 1. The number of benzene rings is 2. The van der Waals surface area contributed by atoms with Crippen molar-refractivity contribution in [1.82, 2.24) is 4.90 Å². The molecule has 0 saturated heterocycles. The van der Waals surface area contributed by atoms with E-state index in [4.69, 9.17) is 14.7 Å². The van der Waals surface area contributed by atoms with E-state index in [-0.39, 0.29) is 28.2 Å². The summed E-state index contributed by atoms with van der Waals surface area (Å²) in [6.07, 6.45) is 1.29. The molecular formula is C23H18N2O7. The van der Waals surface area contributed by atoms with Gasteiger partial charge in [0.15, 0.2) is 11.5 Å². The number of amides is 2. The molecule has 32 heavy (non-hydrogen) atoms. The van der Waals surface area contributed by atoms with Gasteiger partial charge in [-0.1, -0.05) is 18.2 Å². The summed E-state index contributed by atoms with van der Waals surface area (Å²) in [5, 5.41) is 9.08. The summed E-state index contributed by atoms with van der Waals surface area (Å²) in [7, 11) is 2.51. The van der Waals surface area contributed by atoms with Gasteiger partial charge in [0.05, 0.1) is 25.3 Å². The third kappa shape index (κ3) is 4.06. The summed E-state index contributed by atoms with van der Waals surface area (Å²) in [4.78, 5) is 50.3. The monoisotopic (exact) mass is 434 g/mol. The number of hydrogen-bond donors (Lipinski definition) is 0. The summed E-state index contributed by atoms with van der Waals surface area (Å²) < 4.78 is 15.1. The quantitative estimate of drug-likeness (QED) is 0.223. The van der Waals surface area contributed by atoms with E-state index < -0.39 is 29.8 Å². The topological polar surface area (TPSA) is 123 Å². The fraction of sp³-hybridized carbons (Fsp3) is 0.174. The molecular weight excluding hydrogens is 416 g/mol. The Hall–Kier alpha value is -4.45. The second-order valence-corrected chi connectivity index (χ2v) is 6.69. The maximum Gasteiger partial charge on any atom is 0.348 e. The van der Waals surface area contributed by atoms with E-state index in [1.54, 1.807) is 18.2 Å². The maximum absolute atomic E-state index is 12.7. The molecule has 1 unspecified atom stereocenters. The van der Waals surface area contributed by atoms with Crippen LogP contribution in [0.1, 0.15) is 33.2 Å². The zero-order valence-corrected chi connectivity index (χ0v) is 17.4. The number of methoxy groups -OCH3 is 2. The van der Waals surface area contributed by atoms with Crippen molar-refractivity contribution in [3.05, 3.63) is 64.7 Å². The lowest BCUT2D eigenvalue weighted by Gasteiger charge is -2.21. The number of carbonyl (C=O) groups excluding carboxylic acids is 4. The van der Waals surface area contributed by atoms with Crippen molar-refractivity contribution in [2.75, 3.05) is 14.2 Å². The summed E-state index contributed by atoms with van der Waals surface area (Å²) >= 11 is 0. The second kappa shape index (κ2) is 9.14. The Morgan fingerprint density at radius 3 is 2.19 bits per heavy atom. The van der Waals surface area contributed by atoms with Gasteiger partial charge in [0.2, 0.25) is 0 Å². The van der Waals surface area contributed by atoms with Gasteiger partial charge in [0.1, 0.15) is 17.7 Å². The molecule has 0 bridgehead atoms. The van der Waals surface area contributed by atoms with Crippen molar-refractivity contribution in [1.29, 1.82) is 5.26 Å². The lowest BCUT2D eigenvalue weighted by atomic mass is 10.1. The van der Waals surface area contributed by atoms with E-state index >= 15 is 0 Å². The number of nitrogens with zero attached hydrogens (tertiary/aromatic N) is 2. The minimum Gasteiger partial charge on any atom is -0.493 e. The number of esters is 2. The number of fused-ring (bicyclic) bond motifs is 1. The van der Waals surface area contributed by atoms with Gasteiger partial charge in [-0.05, 0) is 42.8 Å². The molecule has 1 aliphatic heterocycles. The Balaban J connectivity index is 1.81. The van der Waals surface area contributed by atoms with Gasteiger partial charge in [-0.25, -0.2) is 9.59 Å². The van der Waals surface area contributed by atoms with E-state index in [1.165, 1.54) is 50.4 Å². The molecule has 162 valence electrons. The van der Waals surface area contributed by atoms with Crippen LogP contribution in [0.25, 0.3) is 6.08 Å². The summed E-state index contributed by atoms with van der Waals surface area (Å²) in [5.41, 5.74) is 0.657. The molecule has 3 rings (SSSR count). The molecule has 2 aromatic carbocycles. The highest BCUT2D eigenvalue weighted by Crippen LogP contribution is 2.31. The highest BCUT2D eigenvalue weighted by molar-refractivity contribution is 6.22. The number of rotatable bonds is 6. The average molecular weight is 434 g/mol. The lowest BCUT2D eigenvalue weighted by Crippen LogP contribution is -2.44. The molecule has 0 N–H and O–H groups in total. The predicted molar refractivity (Wildman–Crippen MR) is 111 cm³/mol. The van der Waals surface area contributed by atoms with Crippen LogP contribution in [0.15, 0.2) is 48.0 Å². The van der Waals surface area contributed by atoms with Crippen LogP contribution in [0.5, 0.6) is 11.5 Å². The van der Waals surface area contributed by atoms with Crippen molar-refractivity contribution in [2.45, 2.75) is 13.0 Å². The third-order valence-electron chi connectivity index (χ3n) is 4.79.